The number of carbonyl (C=O) groups excluding carboxylic acids is 1. The molecule has 172 valence electrons. The van der Waals surface area contributed by atoms with Crippen molar-refractivity contribution in [2.24, 2.45) is 0 Å². The van der Waals surface area contributed by atoms with Crippen LogP contribution in [0.25, 0.3) is 5.69 Å². The summed E-state index contributed by atoms with van der Waals surface area (Å²) in [6, 6.07) is 13.8. The van der Waals surface area contributed by atoms with Gasteiger partial charge in [-0.2, -0.15) is 5.10 Å². The normalized spacial score (nSPS) is 23.5. The van der Waals surface area contributed by atoms with Gasteiger partial charge in [-0.25, -0.2) is 4.68 Å². The molecule has 2 atom stereocenters. The van der Waals surface area contributed by atoms with Crippen molar-refractivity contribution in [3.63, 3.8) is 0 Å². The zero-order chi connectivity index (χ0) is 22.5. The minimum Gasteiger partial charge on any atom is -0.377 e. The van der Waals surface area contributed by atoms with Crippen LogP contribution in [0.15, 0.2) is 67.3 Å². The lowest BCUT2D eigenvalue weighted by molar-refractivity contribution is -0.0849. The second-order valence-electron chi connectivity index (χ2n) is 8.76. The summed E-state index contributed by atoms with van der Waals surface area (Å²) in [5, 5.41) is 7.39. The molecule has 2 fully saturated rings. The number of aromatic nitrogens is 3. The van der Waals surface area contributed by atoms with Crippen molar-refractivity contribution in [2.75, 3.05) is 32.8 Å². The Labute approximate surface area is 193 Å². The lowest BCUT2D eigenvalue weighted by atomic mass is 9.99. The Morgan fingerprint density at radius 2 is 2.12 bits per heavy atom. The Kier molecular flexibility index (Phi) is 6.48. The Morgan fingerprint density at radius 1 is 1.18 bits per heavy atom. The third kappa shape index (κ3) is 5.13. The Balaban J connectivity index is 1.22. The number of benzene rings is 1. The van der Waals surface area contributed by atoms with Crippen LogP contribution in [0.4, 0.5) is 0 Å². The first-order valence-corrected chi connectivity index (χ1v) is 11.4. The molecule has 0 radical (unpaired) electrons. The standard InChI is InChI=1S/C25H29N5O3/c31-24(20-6-3-10-26-15-20)27-16-22-8-9-25(33-22)18-29(13-14-32-19-25)17-21-5-1-2-7-23(21)30-12-4-11-28-30/h1-7,10-12,15,22H,8-9,13-14,16-19H2,(H,27,31)/t22-,25-/m1/s1. The molecule has 2 saturated heterocycles. The smallest absolute Gasteiger partial charge is 0.252 e. The molecule has 1 aromatic carbocycles. The van der Waals surface area contributed by atoms with Gasteiger partial charge >= 0.3 is 0 Å². The van der Waals surface area contributed by atoms with Gasteiger partial charge in [-0.1, -0.05) is 18.2 Å². The number of amides is 1. The quantitative estimate of drug-likeness (QED) is 0.625. The summed E-state index contributed by atoms with van der Waals surface area (Å²) in [6.45, 7) is 4.19. The average molecular weight is 448 g/mol. The molecule has 2 aromatic heterocycles. The number of ether oxygens (including phenoxy) is 2. The van der Waals surface area contributed by atoms with Gasteiger partial charge in [0.2, 0.25) is 0 Å². The fraction of sp³-hybridized carbons (Fsp3) is 0.400. The number of nitrogens with one attached hydrogen (secondary N) is 1. The first-order valence-electron chi connectivity index (χ1n) is 11.4. The van der Waals surface area contributed by atoms with Gasteiger partial charge in [-0.05, 0) is 42.7 Å². The summed E-state index contributed by atoms with van der Waals surface area (Å²) in [6.07, 6.45) is 8.79. The first kappa shape index (κ1) is 21.8. The molecule has 2 aliphatic rings. The molecule has 33 heavy (non-hydrogen) atoms. The molecule has 0 bridgehead atoms. The Hall–Kier alpha value is -3.07. The molecular formula is C25H29N5O3. The summed E-state index contributed by atoms with van der Waals surface area (Å²) in [7, 11) is 0. The SMILES string of the molecule is O=C(NC[C@H]1CC[C@@]2(COCCN(Cc3ccccc3-n3cccn3)C2)O1)c1cccnc1. The summed E-state index contributed by atoms with van der Waals surface area (Å²) < 4.78 is 14.4. The van der Waals surface area contributed by atoms with Gasteiger partial charge in [0.15, 0.2) is 0 Å². The highest BCUT2D eigenvalue weighted by atomic mass is 16.6. The van der Waals surface area contributed by atoms with E-state index in [1.165, 1.54) is 5.56 Å². The summed E-state index contributed by atoms with van der Waals surface area (Å²) >= 11 is 0. The zero-order valence-electron chi connectivity index (χ0n) is 18.6. The van der Waals surface area contributed by atoms with Gasteiger partial charge in [0.05, 0.1) is 30.6 Å². The van der Waals surface area contributed by atoms with Crippen LogP contribution in [0.3, 0.4) is 0 Å². The van der Waals surface area contributed by atoms with Gasteiger partial charge < -0.3 is 14.8 Å². The number of nitrogens with zero attached hydrogens (tertiary/aromatic N) is 4. The topological polar surface area (TPSA) is 81.5 Å². The number of carbonyl (C=O) groups is 1. The van der Waals surface area contributed by atoms with Crippen LogP contribution in [0.5, 0.6) is 0 Å². The number of pyridine rings is 1. The summed E-state index contributed by atoms with van der Waals surface area (Å²) in [5.41, 5.74) is 2.52. The van der Waals surface area contributed by atoms with E-state index in [0.29, 0.717) is 25.3 Å². The van der Waals surface area contributed by atoms with Gasteiger partial charge in [0, 0.05) is 51.0 Å². The molecule has 1 N–H and O–H groups in total. The van der Waals surface area contributed by atoms with E-state index in [4.69, 9.17) is 9.47 Å². The van der Waals surface area contributed by atoms with Crippen LogP contribution >= 0.6 is 0 Å². The van der Waals surface area contributed by atoms with Crippen molar-refractivity contribution in [3.8, 4) is 5.69 Å². The molecule has 5 rings (SSSR count). The largest absolute Gasteiger partial charge is 0.377 e. The van der Waals surface area contributed by atoms with Crippen LogP contribution in [0.2, 0.25) is 0 Å². The van der Waals surface area contributed by atoms with E-state index < -0.39 is 0 Å². The molecule has 1 spiro atoms. The fourth-order valence-electron chi connectivity index (χ4n) is 4.71. The van der Waals surface area contributed by atoms with E-state index in [0.717, 1.165) is 38.2 Å². The minimum atomic E-state index is -0.346. The highest BCUT2D eigenvalue weighted by molar-refractivity contribution is 5.93. The van der Waals surface area contributed by atoms with Gasteiger partial charge in [-0.15, -0.1) is 0 Å². The maximum absolute atomic E-state index is 12.4. The lowest BCUT2D eigenvalue weighted by Crippen LogP contribution is -2.45. The molecular weight excluding hydrogens is 418 g/mol. The van der Waals surface area contributed by atoms with Crippen molar-refractivity contribution in [2.45, 2.75) is 31.1 Å². The Morgan fingerprint density at radius 3 is 2.97 bits per heavy atom. The van der Waals surface area contributed by atoms with Crippen molar-refractivity contribution < 1.29 is 14.3 Å². The minimum absolute atomic E-state index is 0.0227. The number of para-hydroxylation sites is 1. The Bertz CT molecular complexity index is 1060. The lowest BCUT2D eigenvalue weighted by Gasteiger charge is -2.32. The first-order chi connectivity index (χ1) is 16.2. The van der Waals surface area contributed by atoms with Gasteiger partial charge in [0.1, 0.15) is 5.60 Å². The monoisotopic (exact) mass is 447 g/mol. The second kappa shape index (κ2) is 9.82. The van der Waals surface area contributed by atoms with Crippen LogP contribution in [0.1, 0.15) is 28.8 Å². The van der Waals surface area contributed by atoms with Crippen molar-refractivity contribution >= 4 is 5.91 Å². The predicted molar refractivity (Wildman–Crippen MR) is 123 cm³/mol. The van der Waals surface area contributed by atoms with Crippen molar-refractivity contribution in [1.82, 2.24) is 25.0 Å². The molecule has 0 saturated carbocycles. The second-order valence-corrected chi connectivity index (χ2v) is 8.76. The predicted octanol–water partition coefficient (Wildman–Crippen LogP) is 2.45. The number of rotatable bonds is 6. The van der Waals surface area contributed by atoms with Gasteiger partial charge in [0.25, 0.3) is 5.91 Å². The molecule has 3 aromatic rings. The molecule has 0 aliphatic carbocycles. The third-order valence-electron chi connectivity index (χ3n) is 6.32. The van der Waals surface area contributed by atoms with E-state index in [1.807, 2.05) is 23.0 Å². The third-order valence-corrected chi connectivity index (χ3v) is 6.32. The zero-order valence-corrected chi connectivity index (χ0v) is 18.6. The highest BCUT2D eigenvalue weighted by Crippen LogP contribution is 2.33. The average Bonchev–Trinajstić information content (AvgIpc) is 3.47. The van der Waals surface area contributed by atoms with Crippen LogP contribution in [0, 0.1) is 0 Å². The number of hydrogen-bond donors (Lipinski definition) is 1. The van der Waals surface area contributed by atoms with E-state index in [-0.39, 0.29) is 17.6 Å². The molecule has 0 unspecified atom stereocenters. The maximum atomic E-state index is 12.4. The van der Waals surface area contributed by atoms with E-state index >= 15 is 0 Å². The molecule has 8 nitrogen and oxygen atoms in total. The summed E-state index contributed by atoms with van der Waals surface area (Å²) in [5.74, 6) is -0.123. The van der Waals surface area contributed by atoms with E-state index in [1.54, 1.807) is 30.7 Å². The highest BCUT2D eigenvalue weighted by Gasteiger charge is 2.43. The van der Waals surface area contributed by atoms with Crippen LogP contribution in [-0.2, 0) is 16.0 Å². The van der Waals surface area contributed by atoms with E-state index in [2.05, 4.69) is 38.5 Å². The molecule has 8 heteroatoms. The van der Waals surface area contributed by atoms with Crippen LogP contribution < -0.4 is 5.32 Å². The van der Waals surface area contributed by atoms with Crippen LogP contribution in [-0.4, -0.2) is 70.1 Å². The summed E-state index contributed by atoms with van der Waals surface area (Å²) in [4.78, 5) is 18.8. The molecule has 1 amide bonds. The van der Waals surface area contributed by atoms with E-state index in [9.17, 15) is 4.79 Å². The molecule has 2 aliphatic heterocycles. The van der Waals surface area contributed by atoms with Gasteiger partial charge in [-0.3, -0.25) is 14.7 Å². The number of hydrogen-bond acceptors (Lipinski definition) is 6. The fourth-order valence-corrected chi connectivity index (χ4v) is 4.71. The molecule has 4 heterocycles. The van der Waals surface area contributed by atoms with Crippen molar-refractivity contribution in [3.05, 3.63) is 78.4 Å². The van der Waals surface area contributed by atoms with Crippen molar-refractivity contribution in [1.29, 1.82) is 0 Å². The maximum Gasteiger partial charge on any atom is 0.252 e.